The highest BCUT2D eigenvalue weighted by Gasteiger charge is 2.30. The van der Waals surface area contributed by atoms with Crippen LogP contribution in [-0.4, -0.2) is 26.0 Å². The van der Waals surface area contributed by atoms with Gasteiger partial charge >= 0.3 is 6.36 Å². The second-order valence-corrected chi connectivity index (χ2v) is 4.59. The van der Waals surface area contributed by atoms with Crippen molar-refractivity contribution in [3.63, 3.8) is 0 Å². The van der Waals surface area contributed by atoms with Crippen molar-refractivity contribution in [2.45, 2.75) is 6.36 Å². The lowest BCUT2D eigenvalue weighted by atomic mass is 10.3. The van der Waals surface area contributed by atoms with Gasteiger partial charge in [0.25, 0.3) is 5.91 Å². The van der Waals surface area contributed by atoms with Crippen molar-refractivity contribution >= 4 is 11.6 Å². The number of alkyl halides is 3. The van der Waals surface area contributed by atoms with Crippen LogP contribution in [0.3, 0.4) is 0 Å². The fourth-order valence-electron chi connectivity index (χ4n) is 1.78. The number of benzene rings is 2. The molecule has 0 aliphatic rings. The van der Waals surface area contributed by atoms with Crippen LogP contribution in [0.2, 0.25) is 0 Å². The topological polar surface area (TPSA) is 56.8 Å². The molecule has 0 saturated carbocycles. The predicted octanol–water partition coefficient (Wildman–Crippen LogP) is 3.61. The Balaban J connectivity index is 1.85. The first-order valence-electron chi connectivity index (χ1n) is 6.78. The maximum atomic E-state index is 12.1. The molecule has 2 aromatic carbocycles. The van der Waals surface area contributed by atoms with Gasteiger partial charge in [-0.25, -0.2) is 0 Å². The Morgan fingerprint density at radius 2 is 1.71 bits per heavy atom. The van der Waals surface area contributed by atoms with Crippen molar-refractivity contribution in [3.05, 3.63) is 48.5 Å². The van der Waals surface area contributed by atoms with E-state index in [4.69, 9.17) is 9.47 Å². The third-order valence-corrected chi connectivity index (χ3v) is 2.78. The summed E-state index contributed by atoms with van der Waals surface area (Å²) in [6.45, 7) is -0.256. The Labute approximate surface area is 135 Å². The molecule has 1 N–H and O–H groups in total. The number of hydrogen-bond acceptors (Lipinski definition) is 4. The maximum absolute atomic E-state index is 12.1. The van der Waals surface area contributed by atoms with Gasteiger partial charge in [-0.15, -0.1) is 13.2 Å². The summed E-state index contributed by atoms with van der Waals surface area (Å²) in [6.07, 6.45) is -4.75. The molecule has 0 radical (unpaired) electrons. The van der Waals surface area contributed by atoms with Crippen molar-refractivity contribution in [2.24, 2.45) is 0 Å². The third kappa shape index (κ3) is 5.71. The molecule has 128 valence electrons. The second kappa shape index (κ2) is 7.58. The molecule has 2 rings (SSSR count). The van der Waals surface area contributed by atoms with E-state index < -0.39 is 12.3 Å². The molecule has 24 heavy (non-hydrogen) atoms. The molecule has 0 aromatic heterocycles. The summed E-state index contributed by atoms with van der Waals surface area (Å²) >= 11 is 0. The maximum Gasteiger partial charge on any atom is 0.573 e. The van der Waals surface area contributed by atoms with Crippen molar-refractivity contribution in [1.82, 2.24) is 0 Å². The summed E-state index contributed by atoms with van der Waals surface area (Å²) in [7, 11) is 1.51. The standard InChI is InChI=1S/C16H14F3NO4/c1-22-13-3-2-4-14(9-13)23-10-15(21)20-11-5-7-12(8-6-11)24-16(17,18)19/h2-9H,10H2,1H3,(H,20,21). The Bertz CT molecular complexity index is 686. The van der Waals surface area contributed by atoms with Gasteiger partial charge in [0.05, 0.1) is 7.11 Å². The number of ether oxygens (including phenoxy) is 3. The van der Waals surface area contributed by atoms with Crippen LogP contribution in [-0.2, 0) is 4.79 Å². The molecule has 0 bridgehead atoms. The van der Waals surface area contributed by atoms with Gasteiger partial charge in [0.15, 0.2) is 6.61 Å². The Morgan fingerprint density at radius 3 is 2.33 bits per heavy atom. The zero-order valence-corrected chi connectivity index (χ0v) is 12.6. The highest BCUT2D eigenvalue weighted by molar-refractivity contribution is 5.91. The first-order valence-corrected chi connectivity index (χ1v) is 6.78. The summed E-state index contributed by atoms with van der Waals surface area (Å²) in [6, 6.07) is 11.5. The highest BCUT2D eigenvalue weighted by atomic mass is 19.4. The van der Waals surface area contributed by atoms with Crippen LogP contribution in [0.4, 0.5) is 18.9 Å². The lowest BCUT2D eigenvalue weighted by Gasteiger charge is -2.10. The second-order valence-electron chi connectivity index (χ2n) is 4.59. The van der Waals surface area contributed by atoms with Gasteiger partial charge in [0.1, 0.15) is 17.2 Å². The number of halogens is 3. The molecule has 0 unspecified atom stereocenters. The Kier molecular flexibility index (Phi) is 5.51. The van der Waals surface area contributed by atoms with Crippen LogP contribution in [0.5, 0.6) is 17.2 Å². The number of amides is 1. The zero-order valence-electron chi connectivity index (χ0n) is 12.6. The average Bonchev–Trinajstić information content (AvgIpc) is 2.54. The number of carbonyl (C=O) groups is 1. The fraction of sp³-hybridized carbons (Fsp3) is 0.188. The van der Waals surface area contributed by atoms with E-state index in [1.807, 2.05) is 0 Å². The van der Waals surface area contributed by atoms with Gasteiger partial charge in [0, 0.05) is 11.8 Å². The largest absolute Gasteiger partial charge is 0.573 e. The molecular formula is C16H14F3NO4. The number of methoxy groups -OCH3 is 1. The van der Waals surface area contributed by atoms with Crippen LogP contribution < -0.4 is 19.5 Å². The monoisotopic (exact) mass is 341 g/mol. The van der Waals surface area contributed by atoms with E-state index in [0.717, 1.165) is 12.1 Å². The minimum atomic E-state index is -4.75. The van der Waals surface area contributed by atoms with Gasteiger partial charge in [-0.05, 0) is 36.4 Å². The van der Waals surface area contributed by atoms with Gasteiger partial charge in [-0.2, -0.15) is 0 Å². The summed E-state index contributed by atoms with van der Waals surface area (Å²) in [5.74, 6) is 0.224. The number of rotatable bonds is 6. The van der Waals surface area contributed by atoms with E-state index in [9.17, 15) is 18.0 Å². The van der Waals surface area contributed by atoms with E-state index in [0.29, 0.717) is 17.2 Å². The van der Waals surface area contributed by atoms with Crippen LogP contribution in [0.15, 0.2) is 48.5 Å². The lowest BCUT2D eigenvalue weighted by molar-refractivity contribution is -0.274. The van der Waals surface area contributed by atoms with E-state index in [1.165, 1.54) is 19.2 Å². The third-order valence-electron chi connectivity index (χ3n) is 2.78. The molecule has 5 nitrogen and oxygen atoms in total. The molecule has 0 saturated heterocycles. The van der Waals surface area contributed by atoms with Crippen molar-refractivity contribution in [1.29, 1.82) is 0 Å². The molecule has 0 heterocycles. The summed E-state index contributed by atoms with van der Waals surface area (Å²) in [5, 5.41) is 2.50. The highest BCUT2D eigenvalue weighted by Crippen LogP contribution is 2.24. The van der Waals surface area contributed by atoms with Crippen molar-refractivity contribution in [3.8, 4) is 17.2 Å². The van der Waals surface area contributed by atoms with Crippen LogP contribution >= 0.6 is 0 Å². The number of carbonyl (C=O) groups excluding carboxylic acids is 1. The molecule has 0 aliphatic carbocycles. The van der Waals surface area contributed by atoms with Gasteiger partial charge in [-0.1, -0.05) is 6.07 Å². The van der Waals surface area contributed by atoms with E-state index >= 15 is 0 Å². The smallest absolute Gasteiger partial charge is 0.497 e. The SMILES string of the molecule is COc1cccc(OCC(=O)Nc2ccc(OC(F)(F)F)cc2)c1. The molecular weight excluding hydrogens is 327 g/mol. The van der Waals surface area contributed by atoms with Gasteiger partial charge in [0.2, 0.25) is 0 Å². The number of anilines is 1. The molecule has 0 atom stereocenters. The average molecular weight is 341 g/mol. The quantitative estimate of drug-likeness (QED) is 0.872. The first-order chi connectivity index (χ1) is 11.4. The lowest BCUT2D eigenvalue weighted by Crippen LogP contribution is -2.20. The molecule has 8 heteroatoms. The van der Waals surface area contributed by atoms with Crippen molar-refractivity contribution < 1.29 is 32.2 Å². The van der Waals surface area contributed by atoms with Crippen LogP contribution in [0, 0.1) is 0 Å². The Hall–Kier alpha value is -2.90. The van der Waals surface area contributed by atoms with E-state index in [1.54, 1.807) is 24.3 Å². The van der Waals surface area contributed by atoms with Gasteiger partial charge in [-0.3, -0.25) is 4.79 Å². The molecule has 1 amide bonds. The molecule has 0 aliphatic heterocycles. The molecule has 0 fully saturated rings. The molecule has 0 spiro atoms. The van der Waals surface area contributed by atoms with E-state index in [2.05, 4.69) is 10.1 Å². The fourth-order valence-corrected chi connectivity index (χ4v) is 1.78. The number of nitrogens with one attached hydrogen (secondary N) is 1. The van der Waals surface area contributed by atoms with Crippen LogP contribution in [0.1, 0.15) is 0 Å². The number of hydrogen-bond donors (Lipinski definition) is 1. The first kappa shape index (κ1) is 17.5. The minimum absolute atomic E-state index is 0.256. The minimum Gasteiger partial charge on any atom is -0.497 e. The zero-order chi connectivity index (χ0) is 17.6. The summed E-state index contributed by atoms with van der Waals surface area (Å²) in [5.41, 5.74) is 0.323. The van der Waals surface area contributed by atoms with Crippen molar-refractivity contribution in [2.75, 3.05) is 19.0 Å². The van der Waals surface area contributed by atoms with Crippen LogP contribution in [0.25, 0.3) is 0 Å². The Morgan fingerprint density at radius 1 is 1.04 bits per heavy atom. The molecule has 2 aromatic rings. The van der Waals surface area contributed by atoms with E-state index in [-0.39, 0.29) is 12.4 Å². The summed E-state index contributed by atoms with van der Waals surface area (Å²) < 4.78 is 50.2. The summed E-state index contributed by atoms with van der Waals surface area (Å²) in [4.78, 5) is 11.8. The normalized spacial score (nSPS) is 10.8. The van der Waals surface area contributed by atoms with Gasteiger partial charge < -0.3 is 19.5 Å². The predicted molar refractivity (Wildman–Crippen MR) is 80.2 cm³/mol.